The Balaban J connectivity index is 1.59. The van der Waals surface area contributed by atoms with Gasteiger partial charge in [0.15, 0.2) is 0 Å². The van der Waals surface area contributed by atoms with Gasteiger partial charge >= 0.3 is 0 Å². The van der Waals surface area contributed by atoms with E-state index in [9.17, 15) is 0 Å². The predicted molar refractivity (Wildman–Crippen MR) is 102 cm³/mol. The highest BCUT2D eigenvalue weighted by molar-refractivity contribution is 7.12. The van der Waals surface area contributed by atoms with Crippen molar-refractivity contribution in [3.63, 3.8) is 0 Å². The van der Waals surface area contributed by atoms with Crippen LogP contribution in [0.15, 0.2) is 46.9 Å². The number of aromatic nitrogens is 1. The Morgan fingerprint density at radius 1 is 1.25 bits per heavy atom. The first-order valence-electron chi connectivity index (χ1n) is 8.45. The zero-order valence-corrected chi connectivity index (χ0v) is 14.4. The van der Waals surface area contributed by atoms with Crippen molar-refractivity contribution in [3.8, 4) is 0 Å². The van der Waals surface area contributed by atoms with Crippen LogP contribution in [-0.4, -0.2) is 23.9 Å². The summed E-state index contributed by atoms with van der Waals surface area (Å²) >= 11 is 1.62. The first-order chi connectivity index (χ1) is 11.8. The van der Waals surface area contributed by atoms with Gasteiger partial charge in [-0.25, -0.2) is 0 Å². The molecule has 1 aliphatic rings. The first-order valence-corrected chi connectivity index (χ1v) is 9.33. The number of thiophene rings is 1. The van der Waals surface area contributed by atoms with Crippen molar-refractivity contribution in [1.82, 2.24) is 10.3 Å². The van der Waals surface area contributed by atoms with Gasteiger partial charge in [-0.05, 0) is 66.6 Å². The van der Waals surface area contributed by atoms with Crippen molar-refractivity contribution in [1.29, 1.82) is 0 Å². The molecule has 0 unspecified atom stereocenters. The van der Waals surface area contributed by atoms with E-state index in [4.69, 9.17) is 5.73 Å². The number of benzene rings is 1. The molecule has 0 aliphatic carbocycles. The van der Waals surface area contributed by atoms with E-state index in [1.54, 1.807) is 11.3 Å². The third-order valence-electron chi connectivity index (χ3n) is 4.76. The second-order valence-electron chi connectivity index (χ2n) is 6.33. The second-order valence-corrected chi connectivity index (χ2v) is 7.27. The summed E-state index contributed by atoms with van der Waals surface area (Å²) in [6.07, 6.45) is 4.61. The minimum Gasteiger partial charge on any atom is -0.383 e. The molecule has 4 rings (SSSR count). The number of nitrogens with one attached hydrogen (secondary N) is 2. The van der Waals surface area contributed by atoms with Crippen LogP contribution in [0.5, 0.6) is 0 Å². The number of nitrogens with zero attached hydrogens (tertiary/aromatic N) is 1. The largest absolute Gasteiger partial charge is 0.383 e. The van der Waals surface area contributed by atoms with Crippen LogP contribution in [0.1, 0.15) is 34.8 Å². The molecule has 3 aromatic rings. The fourth-order valence-corrected chi connectivity index (χ4v) is 4.08. The van der Waals surface area contributed by atoms with E-state index in [-0.39, 0.29) is 0 Å². The minimum absolute atomic E-state index is 0.622. The predicted octanol–water partition coefficient (Wildman–Crippen LogP) is 3.60. The molecule has 5 heteroatoms. The van der Waals surface area contributed by atoms with Crippen molar-refractivity contribution in [2.75, 3.05) is 13.1 Å². The maximum atomic E-state index is 6.07. The van der Waals surface area contributed by atoms with Crippen LogP contribution in [0.25, 0.3) is 10.9 Å². The van der Waals surface area contributed by atoms with Crippen LogP contribution in [0.3, 0.4) is 0 Å². The lowest BCUT2D eigenvalue weighted by atomic mass is 9.90. The quantitative estimate of drug-likeness (QED) is 0.503. The van der Waals surface area contributed by atoms with Crippen LogP contribution >= 0.6 is 11.3 Å². The van der Waals surface area contributed by atoms with Gasteiger partial charge in [0.05, 0.1) is 11.4 Å². The van der Waals surface area contributed by atoms with Gasteiger partial charge in [0.25, 0.3) is 0 Å². The fraction of sp³-hybridized carbons (Fsp3) is 0.316. The molecule has 2 aromatic heterocycles. The highest BCUT2D eigenvalue weighted by Gasteiger charge is 2.18. The minimum atomic E-state index is 0.622. The van der Waals surface area contributed by atoms with Crippen molar-refractivity contribution < 1.29 is 0 Å². The van der Waals surface area contributed by atoms with Crippen LogP contribution in [-0.2, 0) is 6.54 Å². The normalized spacial score (nSPS) is 16.8. The molecule has 0 amide bonds. The van der Waals surface area contributed by atoms with Gasteiger partial charge in [0.2, 0.25) is 0 Å². The SMILES string of the molecule is NC(=NCc1ccc2[nH]cc(C3CCNCC3)c2c1)c1cccs1. The third kappa shape index (κ3) is 3.09. The smallest absolute Gasteiger partial charge is 0.136 e. The number of aliphatic imine (C=N–C) groups is 1. The molecule has 4 nitrogen and oxygen atoms in total. The van der Waals surface area contributed by atoms with Gasteiger partial charge < -0.3 is 16.0 Å². The van der Waals surface area contributed by atoms with Crippen molar-refractivity contribution >= 4 is 28.1 Å². The Labute approximate surface area is 145 Å². The average molecular weight is 338 g/mol. The van der Waals surface area contributed by atoms with E-state index in [1.807, 2.05) is 17.5 Å². The summed E-state index contributed by atoms with van der Waals surface area (Å²) in [7, 11) is 0. The number of fused-ring (bicyclic) bond motifs is 1. The number of hydrogen-bond acceptors (Lipinski definition) is 3. The van der Waals surface area contributed by atoms with E-state index in [0.717, 1.165) is 18.0 Å². The zero-order chi connectivity index (χ0) is 16.4. The van der Waals surface area contributed by atoms with E-state index < -0.39 is 0 Å². The van der Waals surface area contributed by atoms with Crippen LogP contribution in [0, 0.1) is 0 Å². The van der Waals surface area contributed by atoms with Crippen LogP contribution in [0.4, 0.5) is 0 Å². The van der Waals surface area contributed by atoms with E-state index in [2.05, 4.69) is 39.7 Å². The summed E-state index contributed by atoms with van der Waals surface area (Å²) < 4.78 is 0. The zero-order valence-electron chi connectivity index (χ0n) is 13.6. The third-order valence-corrected chi connectivity index (χ3v) is 5.66. The van der Waals surface area contributed by atoms with Crippen molar-refractivity contribution in [2.45, 2.75) is 25.3 Å². The number of amidine groups is 1. The molecule has 24 heavy (non-hydrogen) atoms. The van der Waals surface area contributed by atoms with Gasteiger partial charge in [-0.2, -0.15) is 0 Å². The van der Waals surface area contributed by atoms with Gasteiger partial charge in [-0.1, -0.05) is 12.1 Å². The molecular weight excluding hydrogens is 316 g/mol. The fourth-order valence-electron chi connectivity index (χ4n) is 3.44. The number of aromatic amines is 1. The molecule has 1 saturated heterocycles. The van der Waals surface area contributed by atoms with E-state index >= 15 is 0 Å². The standard InChI is InChI=1S/C19H22N4S/c20-19(18-2-1-9-24-18)23-11-13-3-4-17-15(10-13)16(12-22-17)14-5-7-21-8-6-14/h1-4,9-10,12,14,21-22H,5-8,11H2,(H2,20,23). The summed E-state index contributed by atoms with van der Waals surface area (Å²) in [6.45, 7) is 2.84. The highest BCUT2D eigenvalue weighted by atomic mass is 32.1. The van der Waals surface area contributed by atoms with E-state index in [1.165, 1.54) is 34.9 Å². The monoisotopic (exact) mass is 338 g/mol. The Hall–Kier alpha value is -2.11. The molecule has 0 saturated carbocycles. The molecule has 1 aromatic carbocycles. The highest BCUT2D eigenvalue weighted by Crippen LogP contribution is 2.32. The number of hydrogen-bond donors (Lipinski definition) is 3. The number of rotatable bonds is 4. The van der Waals surface area contributed by atoms with E-state index in [0.29, 0.717) is 18.3 Å². The molecule has 1 aliphatic heterocycles. The molecule has 1 fully saturated rings. The Morgan fingerprint density at radius 3 is 2.92 bits per heavy atom. The van der Waals surface area contributed by atoms with Gasteiger partial charge in [0.1, 0.15) is 5.84 Å². The number of H-pyrrole nitrogens is 1. The number of piperidine rings is 1. The first kappa shape index (κ1) is 15.4. The van der Waals surface area contributed by atoms with Crippen LogP contribution in [0.2, 0.25) is 0 Å². The van der Waals surface area contributed by atoms with Crippen molar-refractivity contribution in [2.24, 2.45) is 10.7 Å². The molecular formula is C19H22N4S. The molecule has 0 atom stereocenters. The Kier molecular flexibility index (Phi) is 4.36. The lowest BCUT2D eigenvalue weighted by Crippen LogP contribution is -2.26. The van der Waals surface area contributed by atoms with Gasteiger partial charge in [-0.3, -0.25) is 4.99 Å². The Bertz CT molecular complexity index is 842. The summed E-state index contributed by atoms with van der Waals surface area (Å²) in [5.41, 5.74) is 9.94. The molecule has 0 spiro atoms. The summed E-state index contributed by atoms with van der Waals surface area (Å²) in [4.78, 5) is 9.01. The Morgan fingerprint density at radius 2 is 2.12 bits per heavy atom. The lowest BCUT2D eigenvalue weighted by molar-refractivity contribution is 0.462. The van der Waals surface area contributed by atoms with Gasteiger partial charge in [-0.15, -0.1) is 11.3 Å². The molecule has 3 heterocycles. The molecule has 124 valence electrons. The topological polar surface area (TPSA) is 66.2 Å². The maximum absolute atomic E-state index is 6.07. The maximum Gasteiger partial charge on any atom is 0.136 e. The molecule has 0 radical (unpaired) electrons. The average Bonchev–Trinajstić information content (AvgIpc) is 3.30. The van der Waals surface area contributed by atoms with Crippen LogP contribution < -0.4 is 11.1 Å². The summed E-state index contributed by atoms with van der Waals surface area (Å²) in [5, 5.41) is 6.80. The van der Waals surface area contributed by atoms with Crippen molar-refractivity contribution in [3.05, 3.63) is 57.9 Å². The number of nitrogens with two attached hydrogens (primary N) is 1. The summed E-state index contributed by atoms with van der Waals surface area (Å²) in [6, 6.07) is 10.6. The lowest BCUT2D eigenvalue weighted by Gasteiger charge is -2.22. The molecule has 0 bridgehead atoms. The van der Waals surface area contributed by atoms with Gasteiger partial charge in [0, 0.05) is 17.1 Å². The second kappa shape index (κ2) is 6.79. The summed E-state index contributed by atoms with van der Waals surface area (Å²) in [5.74, 6) is 1.27. The molecule has 4 N–H and O–H groups in total.